The molecule has 1 amide bonds. The summed E-state index contributed by atoms with van der Waals surface area (Å²) >= 11 is 6.13. The average molecular weight is 298 g/mol. The molecule has 0 aliphatic carbocycles. The summed E-state index contributed by atoms with van der Waals surface area (Å²) in [7, 11) is 0. The Morgan fingerprint density at radius 3 is 2.40 bits per heavy atom. The Morgan fingerprint density at radius 1 is 1.30 bits per heavy atom. The van der Waals surface area contributed by atoms with Crippen LogP contribution in [0.3, 0.4) is 0 Å². The molecule has 0 saturated carbocycles. The van der Waals surface area contributed by atoms with Crippen molar-refractivity contribution in [1.82, 2.24) is 5.32 Å². The van der Waals surface area contributed by atoms with Gasteiger partial charge in [-0.25, -0.2) is 0 Å². The van der Waals surface area contributed by atoms with Crippen molar-refractivity contribution >= 4 is 23.5 Å². The van der Waals surface area contributed by atoms with Gasteiger partial charge in [0.05, 0.1) is 22.5 Å². The third-order valence-corrected chi connectivity index (χ3v) is 4.16. The number of rotatable bonds is 6. The summed E-state index contributed by atoms with van der Waals surface area (Å²) < 4.78 is 0. The molecule has 0 saturated heterocycles. The highest BCUT2D eigenvalue weighted by Crippen LogP contribution is 2.24. The molecule has 1 rings (SSSR count). The lowest BCUT2D eigenvalue weighted by atomic mass is 9.88. The normalized spacial score (nSPS) is 11.2. The number of carbonyl (C=O) groups excluding carboxylic acids is 1. The van der Waals surface area contributed by atoms with E-state index in [0.29, 0.717) is 23.4 Å². The number of nitrogens with one attached hydrogen (secondary N) is 1. The third-order valence-electron chi connectivity index (χ3n) is 3.66. The molecule has 2 N–H and O–H groups in total. The van der Waals surface area contributed by atoms with Gasteiger partial charge in [-0.2, -0.15) is 0 Å². The highest BCUT2D eigenvalue weighted by molar-refractivity contribution is 6.34. The van der Waals surface area contributed by atoms with E-state index in [-0.39, 0.29) is 12.3 Å². The zero-order valence-corrected chi connectivity index (χ0v) is 12.8. The monoisotopic (exact) mass is 297 g/mol. The molecule has 0 bridgehead atoms. The number of carboxylic acid groups (broad SMARTS) is 1. The maximum Gasteiger partial charge on any atom is 0.305 e. The smallest absolute Gasteiger partial charge is 0.305 e. The van der Waals surface area contributed by atoms with Crippen LogP contribution in [-0.2, 0) is 4.79 Å². The van der Waals surface area contributed by atoms with Crippen LogP contribution in [0.15, 0.2) is 18.2 Å². The van der Waals surface area contributed by atoms with E-state index in [0.717, 1.165) is 5.56 Å². The van der Waals surface area contributed by atoms with Gasteiger partial charge in [0.15, 0.2) is 0 Å². The Hall–Kier alpha value is -1.55. The molecular weight excluding hydrogens is 278 g/mol. The van der Waals surface area contributed by atoms with Crippen LogP contribution >= 0.6 is 11.6 Å². The van der Waals surface area contributed by atoms with Gasteiger partial charge in [0.1, 0.15) is 0 Å². The number of benzene rings is 1. The molecule has 0 aliphatic heterocycles. The van der Waals surface area contributed by atoms with Gasteiger partial charge >= 0.3 is 5.97 Å². The lowest BCUT2D eigenvalue weighted by Crippen LogP contribution is -2.49. The van der Waals surface area contributed by atoms with Crippen molar-refractivity contribution in [3.8, 4) is 0 Å². The van der Waals surface area contributed by atoms with Crippen LogP contribution in [0.1, 0.15) is 49.0 Å². The highest BCUT2D eigenvalue weighted by Gasteiger charge is 2.31. The van der Waals surface area contributed by atoms with E-state index in [2.05, 4.69) is 5.32 Å². The van der Waals surface area contributed by atoms with E-state index >= 15 is 0 Å². The van der Waals surface area contributed by atoms with Gasteiger partial charge in [0, 0.05) is 0 Å². The van der Waals surface area contributed by atoms with Gasteiger partial charge in [-0.1, -0.05) is 37.6 Å². The summed E-state index contributed by atoms with van der Waals surface area (Å²) in [6, 6.07) is 5.22. The first kappa shape index (κ1) is 16.5. The lowest BCUT2D eigenvalue weighted by Gasteiger charge is -2.31. The lowest BCUT2D eigenvalue weighted by molar-refractivity contribution is -0.138. The molecule has 4 nitrogen and oxygen atoms in total. The van der Waals surface area contributed by atoms with Gasteiger partial charge in [-0.05, 0) is 31.4 Å². The molecule has 1 aromatic rings. The second-order valence-corrected chi connectivity index (χ2v) is 5.33. The Morgan fingerprint density at radius 2 is 1.90 bits per heavy atom. The molecule has 110 valence electrons. The Balaban J connectivity index is 3.02. The number of aryl methyl sites for hydroxylation is 1. The van der Waals surface area contributed by atoms with Crippen molar-refractivity contribution in [1.29, 1.82) is 0 Å². The van der Waals surface area contributed by atoms with Crippen molar-refractivity contribution in [3.05, 3.63) is 34.3 Å². The van der Waals surface area contributed by atoms with Crippen LogP contribution in [0.4, 0.5) is 0 Å². The predicted molar refractivity (Wildman–Crippen MR) is 79.2 cm³/mol. The fraction of sp³-hybridized carbons (Fsp3) is 0.467. The largest absolute Gasteiger partial charge is 0.481 e. The first-order valence-corrected chi connectivity index (χ1v) is 7.02. The number of carbonyl (C=O) groups is 2. The number of aliphatic carboxylic acids is 1. The fourth-order valence-electron chi connectivity index (χ4n) is 2.14. The predicted octanol–water partition coefficient (Wildman–Crippen LogP) is 3.41. The van der Waals surface area contributed by atoms with Crippen LogP contribution in [-0.4, -0.2) is 22.5 Å². The number of carboxylic acids is 1. The van der Waals surface area contributed by atoms with Crippen LogP contribution in [0, 0.1) is 6.92 Å². The van der Waals surface area contributed by atoms with E-state index < -0.39 is 11.5 Å². The van der Waals surface area contributed by atoms with Crippen LogP contribution in [0.5, 0.6) is 0 Å². The van der Waals surface area contributed by atoms with Gasteiger partial charge in [0.25, 0.3) is 5.91 Å². The van der Waals surface area contributed by atoms with Crippen LogP contribution < -0.4 is 5.32 Å². The topological polar surface area (TPSA) is 66.4 Å². The first-order valence-electron chi connectivity index (χ1n) is 6.64. The van der Waals surface area contributed by atoms with Crippen molar-refractivity contribution < 1.29 is 14.7 Å². The average Bonchev–Trinajstić information content (AvgIpc) is 2.40. The molecule has 0 spiro atoms. The van der Waals surface area contributed by atoms with Gasteiger partial charge in [-0.3, -0.25) is 9.59 Å². The molecule has 1 aromatic carbocycles. The summed E-state index contributed by atoms with van der Waals surface area (Å²) in [5.74, 6) is -1.26. The van der Waals surface area contributed by atoms with Crippen molar-refractivity contribution in [2.24, 2.45) is 0 Å². The summed E-state index contributed by atoms with van der Waals surface area (Å²) in [5.41, 5.74) is 0.454. The minimum Gasteiger partial charge on any atom is -0.481 e. The second kappa shape index (κ2) is 6.75. The Bertz CT molecular complexity index is 510. The summed E-state index contributed by atoms with van der Waals surface area (Å²) in [6.07, 6.45) is 0.991. The zero-order valence-electron chi connectivity index (χ0n) is 12.0. The van der Waals surface area contributed by atoms with Gasteiger partial charge in [-0.15, -0.1) is 0 Å². The number of amides is 1. The summed E-state index contributed by atoms with van der Waals surface area (Å²) in [6.45, 7) is 5.55. The molecule has 0 radical (unpaired) electrons. The fourth-order valence-corrected chi connectivity index (χ4v) is 2.35. The van der Waals surface area contributed by atoms with Crippen molar-refractivity contribution in [3.63, 3.8) is 0 Å². The molecular formula is C15H20ClNO3. The van der Waals surface area contributed by atoms with Gasteiger partial charge < -0.3 is 10.4 Å². The summed E-state index contributed by atoms with van der Waals surface area (Å²) in [4.78, 5) is 23.3. The molecule has 5 heteroatoms. The SMILES string of the molecule is CCC(CC)(CC(=O)O)NC(=O)c1cccc(C)c1Cl. The number of hydrogen-bond acceptors (Lipinski definition) is 2. The van der Waals surface area contributed by atoms with E-state index in [1.54, 1.807) is 12.1 Å². The van der Waals surface area contributed by atoms with Crippen LogP contribution in [0.2, 0.25) is 5.02 Å². The Labute approximate surface area is 124 Å². The standard InChI is InChI=1S/C15H20ClNO3/c1-4-15(5-2,9-12(18)19)17-14(20)11-8-6-7-10(3)13(11)16/h6-8H,4-5,9H2,1-3H3,(H,17,20)(H,18,19). The zero-order chi connectivity index (χ0) is 15.3. The molecule has 0 aromatic heterocycles. The van der Waals surface area contributed by atoms with E-state index in [1.807, 2.05) is 26.8 Å². The van der Waals surface area contributed by atoms with E-state index in [9.17, 15) is 9.59 Å². The molecule has 0 fully saturated rings. The molecule has 0 heterocycles. The van der Waals surface area contributed by atoms with Gasteiger partial charge in [0.2, 0.25) is 0 Å². The number of halogens is 1. The van der Waals surface area contributed by atoms with Crippen molar-refractivity contribution in [2.75, 3.05) is 0 Å². The highest BCUT2D eigenvalue weighted by atomic mass is 35.5. The molecule has 20 heavy (non-hydrogen) atoms. The maximum absolute atomic E-state index is 12.3. The molecule has 0 atom stereocenters. The quantitative estimate of drug-likeness (QED) is 0.845. The molecule has 0 unspecified atom stereocenters. The summed E-state index contributed by atoms with van der Waals surface area (Å²) in [5, 5.41) is 12.3. The second-order valence-electron chi connectivity index (χ2n) is 4.95. The number of hydrogen-bond donors (Lipinski definition) is 2. The van der Waals surface area contributed by atoms with E-state index in [4.69, 9.17) is 16.7 Å². The van der Waals surface area contributed by atoms with Crippen LogP contribution in [0.25, 0.3) is 0 Å². The van der Waals surface area contributed by atoms with E-state index in [1.165, 1.54) is 0 Å². The maximum atomic E-state index is 12.3. The third kappa shape index (κ3) is 3.73. The first-order chi connectivity index (χ1) is 9.35. The Kier molecular flexibility index (Phi) is 5.57. The minimum absolute atomic E-state index is 0.102. The minimum atomic E-state index is -0.927. The molecule has 0 aliphatic rings. The van der Waals surface area contributed by atoms with Crippen molar-refractivity contribution in [2.45, 2.75) is 45.6 Å².